The van der Waals surface area contributed by atoms with Crippen LogP contribution in [0.1, 0.15) is 16.1 Å². The van der Waals surface area contributed by atoms with E-state index in [9.17, 15) is 9.18 Å². The Bertz CT molecular complexity index is 655. The van der Waals surface area contributed by atoms with Gasteiger partial charge >= 0.3 is 0 Å². The van der Waals surface area contributed by atoms with Gasteiger partial charge in [-0.1, -0.05) is 6.07 Å². The summed E-state index contributed by atoms with van der Waals surface area (Å²) in [5, 5.41) is 0. The molecule has 1 fully saturated rings. The van der Waals surface area contributed by atoms with Crippen molar-refractivity contribution in [1.29, 1.82) is 0 Å². The van der Waals surface area contributed by atoms with Gasteiger partial charge in [-0.3, -0.25) is 9.78 Å². The zero-order chi connectivity index (χ0) is 14.8. The topological polar surface area (TPSA) is 42.4 Å². The molecule has 21 heavy (non-hydrogen) atoms. The number of likely N-dealkylation sites (tertiary alicyclic amines) is 1. The van der Waals surface area contributed by atoms with Crippen LogP contribution < -0.4 is 4.74 Å². The van der Waals surface area contributed by atoms with Crippen molar-refractivity contribution in [3.63, 3.8) is 0 Å². The molecule has 3 rings (SSSR count). The summed E-state index contributed by atoms with van der Waals surface area (Å²) in [5.74, 6) is 0.289. The SMILES string of the molecule is Cc1cc(OC2CN(C(=O)c3ccccn3)C2)ccc1F. The highest BCUT2D eigenvalue weighted by molar-refractivity contribution is 5.92. The number of amides is 1. The fraction of sp³-hybridized carbons (Fsp3) is 0.250. The molecule has 1 aliphatic rings. The maximum atomic E-state index is 13.2. The molecule has 0 N–H and O–H groups in total. The molecular formula is C16H15FN2O2. The van der Waals surface area contributed by atoms with Crippen LogP contribution in [0.2, 0.25) is 0 Å². The van der Waals surface area contributed by atoms with Gasteiger partial charge in [0.25, 0.3) is 5.91 Å². The maximum Gasteiger partial charge on any atom is 0.272 e. The molecule has 0 bridgehead atoms. The van der Waals surface area contributed by atoms with E-state index in [1.54, 1.807) is 48.4 Å². The van der Waals surface area contributed by atoms with Crippen molar-refractivity contribution in [2.45, 2.75) is 13.0 Å². The maximum absolute atomic E-state index is 13.2. The Labute approximate surface area is 122 Å². The second-order valence-corrected chi connectivity index (χ2v) is 5.08. The van der Waals surface area contributed by atoms with E-state index in [1.165, 1.54) is 6.07 Å². The quantitative estimate of drug-likeness (QED) is 0.870. The minimum Gasteiger partial charge on any atom is -0.487 e. The predicted molar refractivity (Wildman–Crippen MR) is 75.7 cm³/mol. The molecule has 2 heterocycles. The first-order valence-electron chi connectivity index (χ1n) is 6.76. The van der Waals surface area contributed by atoms with Crippen LogP contribution in [-0.4, -0.2) is 35.0 Å². The number of rotatable bonds is 3. The first kappa shape index (κ1) is 13.5. The van der Waals surface area contributed by atoms with Gasteiger partial charge in [0.05, 0.1) is 13.1 Å². The molecule has 4 nitrogen and oxygen atoms in total. The summed E-state index contributed by atoms with van der Waals surface area (Å²) < 4.78 is 18.9. The Balaban J connectivity index is 1.56. The fourth-order valence-electron chi connectivity index (χ4n) is 2.21. The standard InChI is InChI=1S/C16H15FN2O2/c1-11-8-12(5-6-14(11)17)21-13-9-19(10-13)16(20)15-4-2-3-7-18-15/h2-8,13H,9-10H2,1H3. The number of halogens is 1. The predicted octanol–water partition coefficient (Wildman–Crippen LogP) is 2.43. The van der Waals surface area contributed by atoms with Crippen molar-refractivity contribution < 1.29 is 13.9 Å². The van der Waals surface area contributed by atoms with Crippen molar-refractivity contribution in [1.82, 2.24) is 9.88 Å². The number of ether oxygens (including phenoxy) is 1. The van der Waals surface area contributed by atoms with Crippen LogP contribution in [0.4, 0.5) is 4.39 Å². The molecule has 0 radical (unpaired) electrons. The number of aryl methyl sites for hydroxylation is 1. The minimum atomic E-state index is -0.247. The van der Waals surface area contributed by atoms with E-state index in [1.807, 2.05) is 0 Å². The summed E-state index contributed by atoms with van der Waals surface area (Å²) in [7, 11) is 0. The molecule has 1 aliphatic heterocycles. The molecule has 1 aromatic carbocycles. The zero-order valence-electron chi connectivity index (χ0n) is 11.6. The lowest BCUT2D eigenvalue weighted by molar-refractivity contribution is 0.0173. The molecule has 1 saturated heterocycles. The Hall–Kier alpha value is -2.43. The average molecular weight is 286 g/mol. The molecular weight excluding hydrogens is 271 g/mol. The molecule has 1 aromatic heterocycles. The van der Waals surface area contributed by atoms with Gasteiger partial charge in [0.1, 0.15) is 23.4 Å². The van der Waals surface area contributed by atoms with E-state index in [2.05, 4.69) is 4.98 Å². The third kappa shape index (κ3) is 2.86. The number of benzene rings is 1. The van der Waals surface area contributed by atoms with Crippen LogP contribution in [0.15, 0.2) is 42.6 Å². The molecule has 108 valence electrons. The summed E-state index contributed by atoms with van der Waals surface area (Å²) in [4.78, 5) is 17.8. The molecule has 0 atom stereocenters. The average Bonchev–Trinajstić information content (AvgIpc) is 2.46. The largest absolute Gasteiger partial charge is 0.487 e. The smallest absolute Gasteiger partial charge is 0.272 e. The highest BCUT2D eigenvalue weighted by Gasteiger charge is 2.33. The van der Waals surface area contributed by atoms with Gasteiger partial charge < -0.3 is 9.64 Å². The van der Waals surface area contributed by atoms with Gasteiger partial charge in [0.2, 0.25) is 0 Å². The van der Waals surface area contributed by atoms with Gasteiger partial charge in [-0.2, -0.15) is 0 Å². The molecule has 0 saturated carbocycles. The van der Waals surface area contributed by atoms with E-state index in [0.717, 1.165) is 0 Å². The first-order valence-corrected chi connectivity index (χ1v) is 6.76. The van der Waals surface area contributed by atoms with E-state index in [4.69, 9.17) is 4.74 Å². The van der Waals surface area contributed by atoms with Crippen molar-refractivity contribution in [2.24, 2.45) is 0 Å². The van der Waals surface area contributed by atoms with E-state index in [0.29, 0.717) is 30.1 Å². The zero-order valence-corrected chi connectivity index (χ0v) is 11.6. The third-order valence-corrected chi connectivity index (χ3v) is 3.45. The van der Waals surface area contributed by atoms with Crippen LogP contribution in [0, 0.1) is 12.7 Å². The number of aromatic nitrogens is 1. The number of hydrogen-bond acceptors (Lipinski definition) is 3. The fourth-order valence-corrected chi connectivity index (χ4v) is 2.21. The second kappa shape index (κ2) is 5.52. The first-order chi connectivity index (χ1) is 10.1. The van der Waals surface area contributed by atoms with Gasteiger partial charge in [0.15, 0.2) is 0 Å². The Kier molecular flexibility index (Phi) is 3.56. The summed E-state index contributed by atoms with van der Waals surface area (Å²) in [5.41, 5.74) is 0.988. The molecule has 1 amide bonds. The number of carbonyl (C=O) groups excluding carboxylic acids is 1. The van der Waals surface area contributed by atoms with E-state index >= 15 is 0 Å². The van der Waals surface area contributed by atoms with Gasteiger partial charge in [0, 0.05) is 6.20 Å². The van der Waals surface area contributed by atoms with Crippen LogP contribution >= 0.6 is 0 Å². The number of nitrogens with zero attached hydrogens (tertiary/aromatic N) is 2. The van der Waals surface area contributed by atoms with Gasteiger partial charge in [-0.25, -0.2) is 4.39 Å². The van der Waals surface area contributed by atoms with Crippen molar-refractivity contribution in [2.75, 3.05) is 13.1 Å². The normalized spacial score (nSPS) is 14.7. The lowest BCUT2D eigenvalue weighted by atomic mass is 10.1. The highest BCUT2D eigenvalue weighted by Crippen LogP contribution is 2.21. The van der Waals surface area contributed by atoms with Crippen LogP contribution in [0.3, 0.4) is 0 Å². The lowest BCUT2D eigenvalue weighted by Crippen LogP contribution is -2.56. The molecule has 0 unspecified atom stereocenters. The molecule has 5 heteroatoms. The summed E-state index contributed by atoms with van der Waals surface area (Å²) >= 11 is 0. The lowest BCUT2D eigenvalue weighted by Gasteiger charge is -2.38. The summed E-state index contributed by atoms with van der Waals surface area (Å²) in [6.07, 6.45) is 1.55. The summed E-state index contributed by atoms with van der Waals surface area (Å²) in [6, 6.07) is 9.91. The second-order valence-electron chi connectivity index (χ2n) is 5.08. The summed E-state index contributed by atoms with van der Waals surface area (Å²) in [6.45, 7) is 2.73. The van der Waals surface area contributed by atoms with Gasteiger partial charge in [-0.15, -0.1) is 0 Å². The number of pyridine rings is 1. The monoisotopic (exact) mass is 286 g/mol. The van der Waals surface area contributed by atoms with Crippen molar-refractivity contribution in [3.8, 4) is 5.75 Å². The minimum absolute atomic E-state index is 0.0532. The third-order valence-electron chi connectivity index (χ3n) is 3.45. The molecule has 0 aliphatic carbocycles. The number of hydrogen-bond donors (Lipinski definition) is 0. The van der Waals surface area contributed by atoms with Gasteiger partial charge in [-0.05, 0) is 42.8 Å². The van der Waals surface area contributed by atoms with Crippen LogP contribution in [-0.2, 0) is 0 Å². The van der Waals surface area contributed by atoms with Crippen molar-refractivity contribution in [3.05, 3.63) is 59.7 Å². The Morgan fingerprint density at radius 1 is 1.33 bits per heavy atom. The van der Waals surface area contributed by atoms with Crippen molar-refractivity contribution >= 4 is 5.91 Å². The van der Waals surface area contributed by atoms with E-state index in [-0.39, 0.29) is 17.8 Å². The molecule has 0 spiro atoms. The Morgan fingerprint density at radius 3 is 2.81 bits per heavy atom. The van der Waals surface area contributed by atoms with Crippen LogP contribution in [0.5, 0.6) is 5.75 Å². The van der Waals surface area contributed by atoms with Crippen LogP contribution in [0.25, 0.3) is 0 Å². The highest BCUT2D eigenvalue weighted by atomic mass is 19.1. The molecule has 2 aromatic rings. The Morgan fingerprint density at radius 2 is 2.14 bits per heavy atom. The van der Waals surface area contributed by atoms with E-state index < -0.39 is 0 Å². The number of carbonyl (C=O) groups is 1.